The first-order valence-electron chi connectivity index (χ1n) is 3.06. The molecule has 1 rings (SSSR count). The van der Waals surface area contributed by atoms with Crippen molar-refractivity contribution in [3.05, 3.63) is 32.8 Å². The van der Waals surface area contributed by atoms with E-state index in [0.29, 0.717) is 10.6 Å². The van der Waals surface area contributed by atoms with Crippen LogP contribution in [0.5, 0.6) is 0 Å². The Bertz CT molecular complexity index is 273. The molecule has 3 heteroatoms. The fourth-order valence-electron chi connectivity index (χ4n) is 0.863. The Labute approximate surface area is 78.5 Å². The van der Waals surface area contributed by atoms with E-state index >= 15 is 0 Å². The van der Waals surface area contributed by atoms with Gasteiger partial charge in [0, 0.05) is 15.1 Å². The van der Waals surface area contributed by atoms with Crippen molar-refractivity contribution in [2.45, 2.75) is 6.92 Å². The molecule has 0 saturated heterocycles. The molecule has 0 fully saturated rings. The van der Waals surface area contributed by atoms with E-state index in [-0.39, 0.29) is 0 Å². The predicted molar refractivity (Wildman–Crippen MR) is 49.3 cm³/mol. The van der Waals surface area contributed by atoms with Crippen molar-refractivity contribution >= 4 is 33.8 Å². The Morgan fingerprint density at radius 3 is 2.64 bits per heavy atom. The number of carbonyl (C=O) groups is 1. The summed E-state index contributed by atoms with van der Waals surface area (Å²) in [6.45, 7) is 1.85. The van der Waals surface area contributed by atoms with Crippen LogP contribution in [0, 0.1) is 6.92 Å². The summed E-state index contributed by atoms with van der Waals surface area (Å²) in [7, 11) is 0. The third-order valence-electron chi connectivity index (χ3n) is 1.42. The minimum atomic E-state index is 0.639. The summed E-state index contributed by atoms with van der Waals surface area (Å²) in [4.78, 5) is 10.5. The summed E-state index contributed by atoms with van der Waals surface area (Å²) in [5.41, 5.74) is 1.55. The third kappa shape index (κ3) is 1.82. The van der Waals surface area contributed by atoms with Gasteiger partial charge in [-0.3, -0.25) is 4.79 Å². The second-order valence-corrected chi connectivity index (χ2v) is 3.53. The quantitative estimate of drug-likeness (QED) is 0.681. The summed E-state index contributed by atoms with van der Waals surface area (Å²) in [6.07, 6.45) is 0.815. The Balaban J connectivity index is 3.36. The Morgan fingerprint density at radius 1 is 1.55 bits per heavy atom. The van der Waals surface area contributed by atoms with Gasteiger partial charge >= 0.3 is 0 Å². The maximum absolute atomic E-state index is 10.5. The minimum absolute atomic E-state index is 0.639. The lowest BCUT2D eigenvalue weighted by atomic mass is 10.1. The summed E-state index contributed by atoms with van der Waals surface area (Å²) in [5.74, 6) is 0. The molecule has 0 aliphatic carbocycles. The number of aldehydes is 1. The molecule has 0 atom stereocenters. The maximum Gasteiger partial charge on any atom is 0.151 e. The highest BCUT2D eigenvalue weighted by Crippen LogP contribution is 2.23. The van der Waals surface area contributed by atoms with Crippen LogP contribution in [0.1, 0.15) is 15.9 Å². The summed E-state index contributed by atoms with van der Waals surface area (Å²) in [6, 6.07) is 3.47. The van der Waals surface area contributed by atoms with E-state index in [1.165, 1.54) is 0 Å². The molecule has 0 spiro atoms. The molecule has 0 saturated carbocycles. The van der Waals surface area contributed by atoms with Crippen molar-refractivity contribution in [3.8, 4) is 0 Å². The first-order valence-corrected chi connectivity index (χ1v) is 4.23. The number of hydrogen-bond donors (Lipinski definition) is 0. The van der Waals surface area contributed by atoms with Gasteiger partial charge in [0.25, 0.3) is 0 Å². The van der Waals surface area contributed by atoms with Gasteiger partial charge in [0.15, 0.2) is 6.29 Å². The normalized spacial score (nSPS) is 9.73. The highest BCUT2D eigenvalue weighted by molar-refractivity contribution is 9.10. The molecule has 0 amide bonds. The Kier molecular flexibility index (Phi) is 2.68. The number of aryl methyl sites for hydroxylation is 1. The molecule has 0 aromatic heterocycles. The Morgan fingerprint density at radius 2 is 2.18 bits per heavy atom. The fraction of sp³-hybridized carbons (Fsp3) is 0.125. The van der Waals surface area contributed by atoms with E-state index < -0.39 is 0 Å². The monoisotopic (exact) mass is 232 g/mol. The number of carbonyl (C=O) groups excluding carboxylic acids is 1. The van der Waals surface area contributed by atoms with Gasteiger partial charge < -0.3 is 0 Å². The van der Waals surface area contributed by atoms with Gasteiger partial charge in [-0.15, -0.1) is 0 Å². The van der Waals surface area contributed by atoms with Crippen molar-refractivity contribution < 1.29 is 4.79 Å². The van der Waals surface area contributed by atoms with Crippen LogP contribution in [-0.4, -0.2) is 6.29 Å². The first-order chi connectivity index (χ1) is 5.15. The zero-order valence-electron chi connectivity index (χ0n) is 5.90. The van der Waals surface area contributed by atoms with Crippen LogP contribution < -0.4 is 0 Å². The smallest absolute Gasteiger partial charge is 0.151 e. The highest BCUT2D eigenvalue weighted by Gasteiger charge is 2.02. The van der Waals surface area contributed by atoms with Gasteiger partial charge in [0.1, 0.15) is 0 Å². The first kappa shape index (κ1) is 8.75. The molecule has 0 heterocycles. The second kappa shape index (κ2) is 3.37. The topological polar surface area (TPSA) is 17.1 Å². The lowest BCUT2D eigenvalue weighted by molar-refractivity contribution is 0.112. The van der Waals surface area contributed by atoms with Gasteiger partial charge in [-0.2, -0.15) is 0 Å². The number of rotatable bonds is 1. The van der Waals surface area contributed by atoms with Crippen LogP contribution in [0.3, 0.4) is 0 Å². The van der Waals surface area contributed by atoms with Crippen LogP contribution in [0.25, 0.3) is 0 Å². The van der Waals surface area contributed by atoms with Crippen LogP contribution in [0.2, 0.25) is 5.02 Å². The standard InChI is InChI=1S/C8H6BrClO/c1-5-2-6(10)3-8(9)7(5)4-11/h2-4H,1H3. The van der Waals surface area contributed by atoms with Gasteiger partial charge in [-0.25, -0.2) is 0 Å². The molecule has 0 aliphatic rings. The molecule has 0 radical (unpaired) electrons. The average molecular weight is 233 g/mol. The van der Waals surface area contributed by atoms with E-state index in [9.17, 15) is 4.79 Å². The van der Waals surface area contributed by atoms with Crippen LogP contribution in [-0.2, 0) is 0 Å². The summed E-state index contributed by atoms with van der Waals surface area (Å²) < 4.78 is 0.748. The van der Waals surface area contributed by atoms with Crippen molar-refractivity contribution in [2.75, 3.05) is 0 Å². The van der Waals surface area contributed by atoms with Gasteiger partial charge in [-0.05, 0) is 40.5 Å². The molecule has 1 aromatic carbocycles. The van der Waals surface area contributed by atoms with Gasteiger partial charge in [0.05, 0.1) is 0 Å². The third-order valence-corrected chi connectivity index (χ3v) is 2.29. The molecule has 58 valence electrons. The average Bonchev–Trinajstić information content (AvgIpc) is 1.85. The van der Waals surface area contributed by atoms with E-state index in [1.54, 1.807) is 12.1 Å². The molecule has 1 nitrogen and oxygen atoms in total. The van der Waals surface area contributed by atoms with E-state index in [1.807, 2.05) is 6.92 Å². The van der Waals surface area contributed by atoms with Crippen molar-refractivity contribution in [1.82, 2.24) is 0 Å². The van der Waals surface area contributed by atoms with E-state index in [2.05, 4.69) is 15.9 Å². The molecule has 1 aromatic rings. The maximum atomic E-state index is 10.5. The van der Waals surface area contributed by atoms with Crippen molar-refractivity contribution in [3.63, 3.8) is 0 Å². The molecule has 0 aliphatic heterocycles. The molecule has 0 unspecified atom stereocenters. The van der Waals surface area contributed by atoms with Crippen LogP contribution in [0.15, 0.2) is 16.6 Å². The molecule has 11 heavy (non-hydrogen) atoms. The molecule has 0 N–H and O–H groups in total. The van der Waals surface area contributed by atoms with Crippen LogP contribution in [0.4, 0.5) is 0 Å². The SMILES string of the molecule is Cc1cc(Cl)cc(Br)c1C=O. The second-order valence-electron chi connectivity index (χ2n) is 2.24. The number of halogens is 2. The molecule has 0 bridgehead atoms. The zero-order valence-corrected chi connectivity index (χ0v) is 8.24. The van der Waals surface area contributed by atoms with Crippen molar-refractivity contribution in [1.29, 1.82) is 0 Å². The van der Waals surface area contributed by atoms with Crippen molar-refractivity contribution in [2.24, 2.45) is 0 Å². The molecular formula is C8H6BrClO. The van der Waals surface area contributed by atoms with Gasteiger partial charge in [-0.1, -0.05) is 11.6 Å². The number of benzene rings is 1. The summed E-state index contributed by atoms with van der Waals surface area (Å²) in [5, 5.41) is 0.639. The van der Waals surface area contributed by atoms with E-state index in [0.717, 1.165) is 16.3 Å². The largest absolute Gasteiger partial charge is 0.298 e. The fourth-order valence-corrected chi connectivity index (χ4v) is 1.92. The summed E-state index contributed by atoms with van der Waals surface area (Å²) >= 11 is 8.98. The molecular weight excluding hydrogens is 227 g/mol. The Hall–Kier alpha value is -0.340. The lowest BCUT2D eigenvalue weighted by Gasteiger charge is -2.01. The predicted octanol–water partition coefficient (Wildman–Crippen LogP) is 3.22. The van der Waals surface area contributed by atoms with Crippen LogP contribution >= 0.6 is 27.5 Å². The lowest BCUT2D eigenvalue weighted by Crippen LogP contribution is -1.87. The minimum Gasteiger partial charge on any atom is -0.298 e. The van der Waals surface area contributed by atoms with E-state index in [4.69, 9.17) is 11.6 Å². The zero-order chi connectivity index (χ0) is 8.43. The highest BCUT2D eigenvalue weighted by atomic mass is 79.9. The number of hydrogen-bond acceptors (Lipinski definition) is 1. The van der Waals surface area contributed by atoms with Gasteiger partial charge in [0.2, 0.25) is 0 Å².